The molecule has 1 aliphatic heterocycles. The summed E-state index contributed by atoms with van der Waals surface area (Å²) in [5, 5.41) is 0. The third-order valence-electron chi connectivity index (χ3n) is 3.25. The standard InChI is InChI=1S/C14H18O2/c1-3-13-12(7-8-16-13)14(15)11-6-4-5-10(2)9-11/h4-6,9,12-13H,3,7-8H2,1-2H3. The number of carbonyl (C=O) groups is 1. The van der Waals surface area contributed by atoms with Gasteiger partial charge in [-0.05, 0) is 25.8 Å². The molecule has 0 radical (unpaired) electrons. The molecule has 0 bridgehead atoms. The van der Waals surface area contributed by atoms with Gasteiger partial charge in [-0.3, -0.25) is 4.79 Å². The maximum atomic E-state index is 12.3. The third-order valence-corrected chi connectivity index (χ3v) is 3.25. The van der Waals surface area contributed by atoms with Crippen molar-refractivity contribution in [2.45, 2.75) is 32.8 Å². The number of hydrogen-bond acceptors (Lipinski definition) is 2. The lowest BCUT2D eigenvalue weighted by molar-refractivity contribution is 0.0689. The minimum Gasteiger partial charge on any atom is -0.377 e. The molecular formula is C14H18O2. The first-order chi connectivity index (χ1) is 7.72. The van der Waals surface area contributed by atoms with E-state index in [9.17, 15) is 4.79 Å². The van der Waals surface area contributed by atoms with Crippen molar-refractivity contribution in [2.24, 2.45) is 5.92 Å². The van der Waals surface area contributed by atoms with Crippen LogP contribution in [0, 0.1) is 12.8 Å². The second-order valence-electron chi connectivity index (χ2n) is 4.45. The fourth-order valence-electron chi connectivity index (χ4n) is 2.36. The van der Waals surface area contributed by atoms with Crippen molar-refractivity contribution >= 4 is 5.78 Å². The van der Waals surface area contributed by atoms with Crippen LogP contribution in [-0.2, 0) is 4.74 Å². The molecule has 2 unspecified atom stereocenters. The largest absolute Gasteiger partial charge is 0.377 e. The van der Waals surface area contributed by atoms with E-state index in [4.69, 9.17) is 4.74 Å². The summed E-state index contributed by atoms with van der Waals surface area (Å²) in [5.41, 5.74) is 1.96. The molecule has 2 atom stereocenters. The highest BCUT2D eigenvalue weighted by Crippen LogP contribution is 2.27. The number of ether oxygens (including phenoxy) is 1. The van der Waals surface area contributed by atoms with Crippen LogP contribution in [0.3, 0.4) is 0 Å². The predicted octanol–water partition coefficient (Wildman–Crippen LogP) is 2.99. The first kappa shape index (κ1) is 11.3. The van der Waals surface area contributed by atoms with Crippen LogP contribution >= 0.6 is 0 Å². The van der Waals surface area contributed by atoms with Gasteiger partial charge in [-0.1, -0.05) is 30.7 Å². The molecule has 16 heavy (non-hydrogen) atoms. The average Bonchev–Trinajstić information content (AvgIpc) is 2.76. The first-order valence-corrected chi connectivity index (χ1v) is 5.95. The molecule has 0 spiro atoms. The van der Waals surface area contributed by atoms with E-state index in [-0.39, 0.29) is 17.8 Å². The van der Waals surface area contributed by atoms with Gasteiger partial charge in [0.1, 0.15) is 0 Å². The van der Waals surface area contributed by atoms with Crippen molar-refractivity contribution in [3.63, 3.8) is 0 Å². The lowest BCUT2D eigenvalue weighted by Crippen LogP contribution is -2.23. The summed E-state index contributed by atoms with van der Waals surface area (Å²) >= 11 is 0. The van der Waals surface area contributed by atoms with Crippen LogP contribution in [0.2, 0.25) is 0 Å². The maximum absolute atomic E-state index is 12.3. The van der Waals surface area contributed by atoms with Crippen molar-refractivity contribution in [3.05, 3.63) is 35.4 Å². The molecule has 1 fully saturated rings. The lowest BCUT2D eigenvalue weighted by Gasteiger charge is -2.15. The zero-order valence-corrected chi connectivity index (χ0v) is 9.90. The van der Waals surface area contributed by atoms with Crippen LogP contribution in [0.15, 0.2) is 24.3 Å². The number of benzene rings is 1. The monoisotopic (exact) mass is 218 g/mol. The Balaban J connectivity index is 2.18. The summed E-state index contributed by atoms with van der Waals surface area (Å²) in [6, 6.07) is 7.83. The van der Waals surface area contributed by atoms with E-state index in [0.29, 0.717) is 0 Å². The van der Waals surface area contributed by atoms with E-state index in [1.54, 1.807) is 0 Å². The summed E-state index contributed by atoms with van der Waals surface area (Å²) in [5.74, 6) is 0.305. The zero-order chi connectivity index (χ0) is 11.5. The fraction of sp³-hybridized carbons (Fsp3) is 0.500. The van der Waals surface area contributed by atoms with Crippen molar-refractivity contribution in [1.29, 1.82) is 0 Å². The Kier molecular flexibility index (Phi) is 3.39. The molecule has 0 saturated carbocycles. The van der Waals surface area contributed by atoms with Crippen molar-refractivity contribution in [1.82, 2.24) is 0 Å². The topological polar surface area (TPSA) is 26.3 Å². The van der Waals surface area contributed by atoms with E-state index in [0.717, 1.165) is 30.6 Å². The molecule has 2 nitrogen and oxygen atoms in total. The van der Waals surface area contributed by atoms with E-state index in [1.165, 1.54) is 0 Å². The molecule has 0 aromatic heterocycles. The van der Waals surface area contributed by atoms with Crippen molar-refractivity contribution < 1.29 is 9.53 Å². The van der Waals surface area contributed by atoms with Gasteiger partial charge in [0.05, 0.1) is 12.0 Å². The van der Waals surface area contributed by atoms with Crippen LogP contribution in [-0.4, -0.2) is 18.5 Å². The number of carbonyl (C=O) groups excluding carboxylic acids is 1. The Morgan fingerprint density at radius 3 is 3.00 bits per heavy atom. The second-order valence-corrected chi connectivity index (χ2v) is 4.45. The molecular weight excluding hydrogens is 200 g/mol. The molecule has 1 aromatic carbocycles. The van der Waals surface area contributed by atoms with Crippen LogP contribution in [0.25, 0.3) is 0 Å². The highest BCUT2D eigenvalue weighted by atomic mass is 16.5. The Bertz CT molecular complexity index is 384. The molecule has 0 aliphatic carbocycles. The van der Waals surface area contributed by atoms with E-state index >= 15 is 0 Å². The molecule has 2 heteroatoms. The Morgan fingerprint density at radius 1 is 1.50 bits per heavy atom. The highest BCUT2D eigenvalue weighted by Gasteiger charge is 2.33. The number of aryl methyl sites for hydroxylation is 1. The normalized spacial score (nSPS) is 24.6. The second kappa shape index (κ2) is 4.79. The molecule has 86 valence electrons. The van der Waals surface area contributed by atoms with E-state index < -0.39 is 0 Å². The van der Waals surface area contributed by atoms with Crippen LogP contribution in [0.1, 0.15) is 35.7 Å². The van der Waals surface area contributed by atoms with Gasteiger partial charge in [0.2, 0.25) is 0 Å². The number of Topliss-reactive ketones (excluding diaryl/α,β-unsaturated/α-hetero) is 1. The van der Waals surface area contributed by atoms with Crippen molar-refractivity contribution in [3.8, 4) is 0 Å². The van der Waals surface area contributed by atoms with Gasteiger partial charge in [0, 0.05) is 12.2 Å². The quantitative estimate of drug-likeness (QED) is 0.729. The summed E-state index contributed by atoms with van der Waals surface area (Å²) in [6.07, 6.45) is 1.90. The smallest absolute Gasteiger partial charge is 0.168 e. The van der Waals surface area contributed by atoms with Crippen LogP contribution < -0.4 is 0 Å². The van der Waals surface area contributed by atoms with Gasteiger partial charge < -0.3 is 4.74 Å². The maximum Gasteiger partial charge on any atom is 0.168 e. The minimum absolute atomic E-state index is 0.0619. The predicted molar refractivity (Wildman–Crippen MR) is 63.6 cm³/mol. The minimum atomic E-state index is 0.0619. The van der Waals surface area contributed by atoms with Gasteiger partial charge in [-0.2, -0.15) is 0 Å². The van der Waals surface area contributed by atoms with Gasteiger partial charge in [0.15, 0.2) is 5.78 Å². The van der Waals surface area contributed by atoms with Crippen LogP contribution in [0.4, 0.5) is 0 Å². The third kappa shape index (κ3) is 2.17. The highest BCUT2D eigenvalue weighted by molar-refractivity contribution is 5.98. The zero-order valence-electron chi connectivity index (χ0n) is 9.90. The summed E-state index contributed by atoms with van der Waals surface area (Å²) in [6.45, 7) is 4.81. The molecule has 2 rings (SSSR count). The molecule has 1 heterocycles. The number of ketones is 1. The Labute approximate surface area is 96.6 Å². The molecule has 1 aromatic rings. The molecule has 1 aliphatic rings. The molecule has 0 N–H and O–H groups in total. The first-order valence-electron chi connectivity index (χ1n) is 5.95. The molecule has 0 amide bonds. The number of hydrogen-bond donors (Lipinski definition) is 0. The fourth-order valence-corrected chi connectivity index (χ4v) is 2.36. The van der Waals surface area contributed by atoms with Crippen molar-refractivity contribution in [2.75, 3.05) is 6.61 Å². The van der Waals surface area contributed by atoms with Gasteiger partial charge in [-0.15, -0.1) is 0 Å². The van der Waals surface area contributed by atoms with E-state index in [2.05, 4.69) is 6.92 Å². The summed E-state index contributed by atoms with van der Waals surface area (Å²) in [4.78, 5) is 12.3. The Hall–Kier alpha value is -1.15. The SMILES string of the molecule is CCC1OCCC1C(=O)c1cccc(C)c1. The summed E-state index contributed by atoms with van der Waals surface area (Å²) in [7, 11) is 0. The Morgan fingerprint density at radius 2 is 2.31 bits per heavy atom. The summed E-state index contributed by atoms with van der Waals surface area (Å²) < 4.78 is 5.57. The number of rotatable bonds is 3. The van der Waals surface area contributed by atoms with Gasteiger partial charge >= 0.3 is 0 Å². The molecule has 1 saturated heterocycles. The van der Waals surface area contributed by atoms with Gasteiger partial charge in [-0.25, -0.2) is 0 Å². The van der Waals surface area contributed by atoms with Crippen LogP contribution in [0.5, 0.6) is 0 Å². The lowest BCUT2D eigenvalue weighted by atomic mass is 9.90. The van der Waals surface area contributed by atoms with Gasteiger partial charge in [0.25, 0.3) is 0 Å². The average molecular weight is 218 g/mol. The van der Waals surface area contributed by atoms with E-state index in [1.807, 2.05) is 31.2 Å².